The summed E-state index contributed by atoms with van der Waals surface area (Å²) in [6, 6.07) is 5.16. The number of halogens is 3. The van der Waals surface area contributed by atoms with Crippen LogP contribution in [0.1, 0.15) is 18.9 Å². The molecule has 0 spiro atoms. The van der Waals surface area contributed by atoms with Gasteiger partial charge >= 0.3 is 12.1 Å². The van der Waals surface area contributed by atoms with Gasteiger partial charge in [0.2, 0.25) is 5.96 Å². The van der Waals surface area contributed by atoms with Gasteiger partial charge in [-0.25, -0.2) is 4.79 Å². The van der Waals surface area contributed by atoms with Crippen LogP contribution in [0.15, 0.2) is 71.5 Å². The van der Waals surface area contributed by atoms with Crippen molar-refractivity contribution in [3.05, 3.63) is 77.1 Å². The molecule has 13 heteroatoms. The maximum absolute atomic E-state index is 13.5. The first-order chi connectivity index (χ1) is 19.8. The van der Waals surface area contributed by atoms with E-state index in [0.29, 0.717) is 24.5 Å². The van der Waals surface area contributed by atoms with Gasteiger partial charge in [-0.15, -0.1) is 0 Å². The molecule has 2 aliphatic heterocycles. The van der Waals surface area contributed by atoms with Crippen LogP contribution in [0.3, 0.4) is 0 Å². The Hall–Kier alpha value is -3.96. The highest BCUT2D eigenvalue weighted by atomic mass is 19.4. The highest BCUT2D eigenvalue weighted by Gasteiger charge is 2.44. The Balaban J connectivity index is 2.20. The number of nitrogens with two attached hydrogens (primary N) is 1. The van der Waals surface area contributed by atoms with Gasteiger partial charge in [-0.05, 0) is 56.2 Å². The van der Waals surface area contributed by atoms with Crippen molar-refractivity contribution in [2.45, 2.75) is 31.9 Å². The van der Waals surface area contributed by atoms with Crippen LogP contribution < -0.4 is 16.0 Å². The number of nitriles is 1. The van der Waals surface area contributed by atoms with Crippen LogP contribution in [-0.2, 0) is 15.7 Å². The number of benzene rings is 1. The van der Waals surface area contributed by atoms with Crippen LogP contribution in [0.25, 0.3) is 0 Å². The fraction of sp³-hybridized carbons (Fsp3) is 0.414. The number of aliphatic hydroxyl groups is 1. The van der Waals surface area contributed by atoms with E-state index in [1.807, 2.05) is 13.1 Å². The zero-order valence-corrected chi connectivity index (χ0v) is 23.8. The maximum atomic E-state index is 13.5. The van der Waals surface area contributed by atoms with Crippen molar-refractivity contribution in [2.24, 2.45) is 11.7 Å². The molecule has 2 aliphatic rings. The molecule has 3 rings (SSSR count). The summed E-state index contributed by atoms with van der Waals surface area (Å²) in [6.07, 6.45) is -1.67. The number of nitrogens with zero attached hydrogens (tertiary/aromatic N) is 4. The number of guanidine groups is 1. The summed E-state index contributed by atoms with van der Waals surface area (Å²) in [7, 11) is 3.11. The predicted molar refractivity (Wildman–Crippen MR) is 153 cm³/mol. The zero-order valence-electron chi connectivity index (χ0n) is 23.8. The van der Waals surface area contributed by atoms with E-state index >= 15 is 0 Å². The molecule has 1 fully saturated rings. The smallest absolute Gasteiger partial charge is 0.416 e. The summed E-state index contributed by atoms with van der Waals surface area (Å²) in [5.41, 5.74) is 5.79. The standard InChI is InChI=1S/C29H36F3N7O3/c1-5-19(14-33)9-10-21(11-12-37(3)17-20-15-36-16-20)25-24(26(40)42-4)18(2)38(27(34)39(25)28(35)41)23-8-6-7-22(13-23)29(30,31)32/h5-10,13,20,25,28,34,36,41H,1,11-12,15-17,35H2,2-4H3/b19-9+,21-10+,34-27?/t25-,28?/m1/s1. The number of rotatable bonds is 11. The first-order valence-electron chi connectivity index (χ1n) is 13.2. The fourth-order valence-electron chi connectivity index (χ4n) is 4.99. The molecule has 42 heavy (non-hydrogen) atoms. The normalized spacial score (nSPS) is 19.5. The summed E-state index contributed by atoms with van der Waals surface area (Å²) in [6.45, 7) is 8.28. The van der Waals surface area contributed by atoms with Crippen LogP contribution in [0.5, 0.6) is 0 Å². The molecule has 1 aromatic carbocycles. The number of ether oxygens (including phenoxy) is 1. The number of alkyl halides is 3. The minimum atomic E-state index is -4.65. The number of hydrogen-bond acceptors (Lipinski definition) is 8. The Morgan fingerprint density at radius 3 is 2.62 bits per heavy atom. The number of allylic oxidation sites excluding steroid dienone is 5. The van der Waals surface area contributed by atoms with Crippen molar-refractivity contribution in [2.75, 3.05) is 45.2 Å². The summed E-state index contributed by atoms with van der Waals surface area (Å²) in [4.78, 5) is 17.6. The van der Waals surface area contributed by atoms with Gasteiger partial charge in [0, 0.05) is 37.6 Å². The van der Waals surface area contributed by atoms with Crippen molar-refractivity contribution in [1.82, 2.24) is 15.1 Å². The lowest BCUT2D eigenvalue weighted by atomic mass is 9.89. The van der Waals surface area contributed by atoms with Crippen molar-refractivity contribution in [3.8, 4) is 6.07 Å². The second-order valence-electron chi connectivity index (χ2n) is 10.1. The predicted octanol–water partition coefficient (Wildman–Crippen LogP) is 2.92. The Morgan fingerprint density at radius 1 is 1.40 bits per heavy atom. The van der Waals surface area contributed by atoms with E-state index < -0.39 is 36.1 Å². The van der Waals surface area contributed by atoms with E-state index in [-0.39, 0.29) is 22.5 Å². The Morgan fingerprint density at radius 2 is 2.10 bits per heavy atom. The third-order valence-corrected chi connectivity index (χ3v) is 7.25. The number of methoxy groups -OCH3 is 1. The number of carbonyl (C=O) groups is 1. The van der Waals surface area contributed by atoms with Gasteiger partial charge in [-0.3, -0.25) is 20.9 Å². The second-order valence-corrected chi connectivity index (χ2v) is 10.1. The molecule has 0 bridgehead atoms. The average Bonchev–Trinajstić information content (AvgIpc) is 2.91. The van der Waals surface area contributed by atoms with E-state index in [1.54, 1.807) is 6.08 Å². The molecule has 0 radical (unpaired) electrons. The Labute approximate surface area is 243 Å². The van der Waals surface area contributed by atoms with E-state index in [9.17, 15) is 28.3 Å². The number of carbonyl (C=O) groups excluding carboxylic acids is 1. The molecule has 10 nitrogen and oxygen atoms in total. The van der Waals surface area contributed by atoms with E-state index in [0.717, 1.165) is 48.7 Å². The lowest BCUT2D eigenvalue weighted by Crippen LogP contribution is -2.61. The number of nitrogens with one attached hydrogen (secondary N) is 2. The van der Waals surface area contributed by atoms with E-state index in [4.69, 9.17) is 15.9 Å². The molecule has 1 aromatic rings. The minimum Gasteiger partial charge on any atom is -0.466 e. The molecule has 2 atom stereocenters. The molecular weight excluding hydrogens is 551 g/mol. The highest BCUT2D eigenvalue weighted by molar-refractivity contribution is 6.04. The van der Waals surface area contributed by atoms with Crippen molar-refractivity contribution >= 4 is 17.6 Å². The Bertz CT molecular complexity index is 1330. The number of aliphatic hydroxyl groups excluding tert-OH is 1. The first-order valence-corrected chi connectivity index (χ1v) is 13.2. The third-order valence-electron chi connectivity index (χ3n) is 7.25. The number of anilines is 1. The molecule has 0 saturated carbocycles. The van der Waals surface area contributed by atoms with Gasteiger partial charge < -0.3 is 20.1 Å². The summed E-state index contributed by atoms with van der Waals surface area (Å²) in [5.74, 6) is -0.777. The van der Waals surface area contributed by atoms with Crippen molar-refractivity contribution in [3.63, 3.8) is 0 Å². The number of esters is 1. The lowest BCUT2D eigenvalue weighted by Gasteiger charge is -2.46. The van der Waals surface area contributed by atoms with Crippen LogP contribution in [0.4, 0.5) is 18.9 Å². The molecule has 0 aromatic heterocycles. The van der Waals surface area contributed by atoms with Crippen molar-refractivity contribution in [1.29, 1.82) is 10.7 Å². The molecule has 0 aliphatic carbocycles. The maximum Gasteiger partial charge on any atom is 0.416 e. The molecule has 1 saturated heterocycles. The second kappa shape index (κ2) is 13.8. The van der Waals surface area contributed by atoms with E-state index in [2.05, 4.69) is 16.8 Å². The van der Waals surface area contributed by atoms with Gasteiger partial charge in [0.1, 0.15) is 0 Å². The van der Waals surface area contributed by atoms with Gasteiger partial charge in [0.25, 0.3) is 0 Å². The van der Waals surface area contributed by atoms with Gasteiger partial charge in [-0.1, -0.05) is 24.8 Å². The molecular formula is C29H36F3N7O3. The molecule has 226 valence electrons. The van der Waals surface area contributed by atoms with Crippen molar-refractivity contribution < 1.29 is 27.8 Å². The summed E-state index contributed by atoms with van der Waals surface area (Å²) in [5, 5.41) is 32.4. The molecule has 5 N–H and O–H groups in total. The molecule has 0 amide bonds. The van der Waals surface area contributed by atoms with Gasteiger partial charge in [-0.2, -0.15) is 18.4 Å². The highest BCUT2D eigenvalue weighted by Crippen LogP contribution is 2.38. The SMILES string of the molecule is C=C/C(C#N)=C\C=C(/CCN(C)CC1CNC1)[C@@H]1C(C(=O)OC)=C(C)N(c2cccc(C(F)(F)F)c2)C(=N)N1C(N)O. The topological polar surface area (TPSA) is 142 Å². The lowest BCUT2D eigenvalue weighted by molar-refractivity contribution is -0.138. The summed E-state index contributed by atoms with van der Waals surface area (Å²) < 4.78 is 45.7. The Kier molecular flexibility index (Phi) is 10.7. The van der Waals surface area contributed by atoms with E-state index in [1.165, 1.54) is 31.2 Å². The van der Waals surface area contributed by atoms with Crippen LogP contribution in [-0.4, -0.2) is 79.6 Å². The molecule has 1 unspecified atom stereocenters. The van der Waals surface area contributed by atoms with Crippen LogP contribution >= 0.6 is 0 Å². The number of hydrogen-bond donors (Lipinski definition) is 4. The first kappa shape index (κ1) is 32.6. The van der Waals surface area contributed by atoms with Crippen LogP contribution in [0.2, 0.25) is 0 Å². The quantitative estimate of drug-likeness (QED) is 0.133. The van der Waals surface area contributed by atoms with Gasteiger partial charge in [0.15, 0.2) is 6.35 Å². The van der Waals surface area contributed by atoms with Gasteiger partial charge in [0.05, 0.1) is 35.9 Å². The van der Waals surface area contributed by atoms with Crippen LogP contribution in [0, 0.1) is 22.7 Å². The third kappa shape index (κ3) is 7.27. The average molecular weight is 588 g/mol. The molecule has 2 heterocycles. The fourth-order valence-corrected chi connectivity index (χ4v) is 4.99. The monoisotopic (exact) mass is 587 g/mol. The zero-order chi connectivity index (χ0) is 31.2. The summed E-state index contributed by atoms with van der Waals surface area (Å²) >= 11 is 0. The largest absolute Gasteiger partial charge is 0.466 e. The minimum absolute atomic E-state index is 0.0296.